The molecule has 2 aromatic carbocycles. The van der Waals surface area contributed by atoms with Crippen molar-refractivity contribution >= 4 is 11.6 Å². The van der Waals surface area contributed by atoms with E-state index in [1.165, 1.54) is 18.2 Å². The molecule has 174 valence electrons. The number of hydrogen-bond acceptors (Lipinski definition) is 6. The summed E-state index contributed by atoms with van der Waals surface area (Å²) in [5.74, 6) is 0.583. The molecule has 1 fully saturated rings. The number of hydrogen-bond donors (Lipinski definition) is 1. The molecule has 0 saturated carbocycles. The van der Waals surface area contributed by atoms with Crippen LogP contribution in [-0.4, -0.2) is 58.6 Å². The van der Waals surface area contributed by atoms with Gasteiger partial charge in [-0.3, -0.25) is 14.6 Å². The van der Waals surface area contributed by atoms with Crippen LogP contribution >= 0.6 is 0 Å². The van der Waals surface area contributed by atoms with Crippen LogP contribution in [0.2, 0.25) is 0 Å². The predicted molar refractivity (Wildman–Crippen MR) is 116 cm³/mol. The van der Waals surface area contributed by atoms with E-state index in [1.54, 1.807) is 0 Å². The Morgan fingerprint density at radius 3 is 2.39 bits per heavy atom. The molecule has 33 heavy (non-hydrogen) atoms. The molecule has 1 aromatic heterocycles. The van der Waals surface area contributed by atoms with Gasteiger partial charge in [0.1, 0.15) is 0 Å². The second kappa shape index (κ2) is 9.72. The topological polar surface area (TPSA) is 74.5 Å². The SMILES string of the molecule is Cc1ccc(-c2noc(CN3CCN(CC(=O)Nc4ccccc4C(F)(F)F)CC3)n2)cc1. The first-order valence-electron chi connectivity index (χ1n) is 10.6. The molecule has 2 heterocycles. The van der Waals surface area contributed by atoms with E-state index in [0.717, 1.165) is 17.2 Å². The van der Waals surface area contributed by atoms with Gasteiger partial charge in [-0.15, -0.1) is 0 Å². The standard InChI is InChI=1S/C23H24F3N5O2/c1-16-6-8-17(9-7-16)22-28-21(33-29-22)15-31-12-10-30(11-13-31)14-20(32)27-19-5-3-2-4-18(19)23(24,25)26/h2-9H,10-15H2,1H3,(H,27,32). The maximum absolute atomic E-state index is 13.1. The van der Waals surface area contributed by atoms with Crippen LogP contribution in [0, 0.1) is 6.92 Å². The highest BCUT2D eigenvalue weighted by atomic mass is 19.4. The molecule has 7 nitrogen and oxygen atoms in total. The number of nitrogens with zero attached hydrogens (tertiary/aromatic N) is 4. The Kier molecular flexibility index (Phi) is 6.75. The van der Waals surface area contributed by atoms with E-state index in [-0.39, 0.29) is 12.2 Å². The molecule has 1 N–H and O–H groups in total. The number of rotatable bonds is 6. The summed E-state index contributed by atoms with van der Waals surface area (Å²) in [7, 11) is 0. The van der Waals surface area contributed by atoms with E-state index in [0.29, 0.717) is 44.4 Å². The monoisotopic (exact) mass is 459 g/mol. The molecule has 3 aromatic rings. The molecular weight excluding hydrogens is 435 g/mol. The number of alkyl halides is 3. The van der Waals surface area contributed by atoms with Crippen molar-refractivity contribution in [2.24, 2.45) is 0 Å². The highest BCUT2D eigenvalue weighted by molar-refractivity contribution is 5.93. The molecule has 0 atom stereocenters. The maximum atomic E-state index is 13.1. The largest absolute Gasteiger partial charge is 0.418 e. The normalized spacial score (nSPS) is 15.5. The second-order valence-electron chi connectivity index (χ2n) is 8.02. The lowest BCUT2D eigenvalue weighted by atomic mass is 10.1. The number of halogens is 3. The lowest BCUT2D eigenvalue weighted by molar-refractivity contribution is -0.137. The van der Waals surface area contributed by atoms with Crippen LogP contribution in [0.1, 0.15) is 17.0 Å². The fraction of sp³-hybridized carbons (Fsp3) is 0.348. The number of para-hydroxylation sites is 1. The second-order valence-corrected chi connectivity index (χ2v) is 8.02. The number of nitrogens with one attached hydrogen (secondary N) is 1. The Bertz CT molecular complexity index is 1090. The van der Waals surface area contributed by atoms with Crippen molar-refractivity contribution < 1.29 is 22.5 Å². The predicted octanol–water partition coefficient (Wildman–Crippen LogP) is 3.82. The van der Waals surface area contributed by atoms with Crippen molar-refractivity contribution in [3.8, 4) is 11.4 Å². The number of amides is 1. The minimum Gasteiger partial charge on any atom is -0.338 e. The van der Waals surface area contributed by atoms with Gasteiger partial charge in [-0.25, -0.2) is 0 Å². The van der Waals surface area contributed by atoms with Gasteiger partial charge >= 0.3 is 6.18 Å². The van der Waals surface area contributed by atoms with E-state index in [2.05, 4.69) is 20.4 Å². The smallest absolute Gasteiger partial charge is 0.338 e. The lowest BCUT2D eigenvalue weighted by Crippen LogP contribution is -2.48. The van der Waals surface area contributed by atoms with Gasteiger partial charge in [0, 0.05) is 31.7 Å². The van der Waals surface area contributed by atoms with Crippen LogP contribution in [0.25, 0.3) is 11.4 Å². The zero-order valence-electron chi connectivity index (χ0n) is 18.1. The summed E-state index contributed by atoms with van der Waals surface area (Å²) in [5, 5.41) is 6.43. The molecule has 10 heteroatoms. The van der Waals surface area contributed by atoms with Crippen LogP contribution in [0.5, 0.6) is 0 Å². The van der Waals surface area contributed by atoms with Gasteiger partial charge in [0.15, 0.2) is 0 Å². The lowest BCUT2D eigenvalue weighted by Gasteiger charge is -2.33. The van der Waals surface area contributed by atoms with Crippen LogP contribution < -0.4 is 5.32 Å². The zero-order valence-corrected chi connectivity index (χ0v) is 18.1. The molecule has 0 aliphatic carbocycles. The molecule has 0 bridgehead atoms. The van der Waals surface area contributed by atoms with Crippen LogP contribution in [-0.2, 0) is 17.5 Å². The van der Waals surface area contributed by atoms with E-state index >= 15 is 0 Å². The fourth-order valence-electron chi connectivity index (χ4n) is 3.67. The first kappa shape index (κ1) is 22.9. The molecule has 1 aliphatic rings. The van der Waals surface area contributed by atoms with Crippen molar-refractivity contribution in [2.45, 2.75) is 19.6 Å². The molecule has 4 rings (SSSR count). The molecule has 0 radical (unpaired) electrons. The molecular formula is C23H24F3N5O2. The third kappa shape index (κ3) is 5.96. The first-order valence-corrected chi connectivity index (χ1v) is 10.6. The number of aryl methyl sites for hydroxylation is 1. The quantitative estimate of drug-likeness (QED) is 0.604. The Labute approximate surface area is 189 Å². The van der Waals surface area contributed by atoms with Gasteiger partial charge in [-0.2, -0.15) is 18.2 Å². The van der Waals surface area contributed by atoms with Crippen LogP contribution in [0.15, 0.2) is 53.1 Å². The molecule has 1 aliphatic heterocycles. The third-order valence-corrected chi connectivity index (χ3v) is 5.48. The average Bonchev–Trinajstić information content (AvgIpc) is 3.24. The maximum Gasteiger partial charge on any atom is 0.418 e. The van der Waals surface area contributed by atoms with Crippen molar-refractivity contribution in [3.63, 3.8) is 0 Å². The summed E-state index contributed by atoms with van der Waals surface area (Å²) < 4.78 is 44.7. The first-order chi connectivity index (χ1) is 15.8. The summed E-state index contributed by atoms with van der Waals surface area (Å²) in [6.45, 7) is 5.09. The summed E-state index contributed by atoms with van der Waals surface area (Å²) in [6.07, 6.45) is -4.52. The highest BCUT2D eigenvalue weighted by Crippen LogP contribution is 2.34. The van der Waals surface area contributed by atoms with Crippen LogP contribution in [0.4, 0.5) is 18.9 Å². The summed E-state index contributed by atoms with van der Waals surface area (Å²) >= 11 is 0. The van der Waals surface area contributed by atoms with Gasteiger partial charge in [0.25, 0.3) is 0 Å². The number of carbonyl (C=O) groups excluding carboxylic acids is 1. The van der Waals surface area contributed by atoms with Crippen LogP contribution in [0.3, 0.4) is 0 Å². The Balaban J connectivity index is 1.26. The van der Waals surface area contributed by atoms with Crippen molar-refractivity contribution in [1.29, 1.82) is 0 Å². The van der Waals surface area contributed by atoms with E-state index in [1.807, 2.05) is 36.1 Å². The van der Waals surface area contributed by atoms with Crippen molar-refractivity contribution in [1.82, 2.24) is 19.9 Å². The summed E-state index contributed by atoms with van der Waals surface area (Å²) in [4.78, 5) is 20.8. The number of benzene rings is 2. The van der Waals surface area contributed by atoms with E-state index in [4.69, 9.17) is 4.52 Å². The minimum atomic E-state index is -4.52. The third-order valence-electron chi connectivity index (χ3n) is 5.48. The van der Waals surface area contributed by atoms with Crippen molar-refractivity contribution in [2.75, 3.05) is 38.0 Å². The highest BCUT2D eigenvalue weighted by Gasteiger charge is 2.33. The van der Waals surface area contributed by atoms with Crippen molar-refractivity contribution in [3.05, 3.63) is 65.5 Å². The van der Waals surface area contributed by atoms with E-state index in [9.17, 15) is 18.0 Å². The van der Waals surface area contributed by atoms with Gasteiger partial charge in [-0.1, -0.05) is 47.1 Å². The van der Waals surface area contributed by atoms with Gasteiger partial charge < -0.3 is 9.84 Å². The number of anilines is 1. The average molecular weight is 459 g/mol. The zero-order chi connectivity index (χ0) is 23.4. The van der Waals surface area contributed by atoms with Gasteiger partial charge in [0.05, 0.1) is 24.3 Å². The summed E-state index contributed by atoms with van der Waals surface area (Å²) in [6, 6.07) is 12.8. The fourth-order valence-corrected chi connectivity index (χ4v) is 3.67. The number of carbonyl (C=O) groups is 1. The molecule has 1 saturated heterocycles. The molecule has 0 unspecified atom stereocenters. The Hall–Kier alpha value is -3.24. The van der Waals surface area contributed by atoms with Gasteiger partial charge in [0.2, 0.25) is 17.6 Å². The minimum absolute atomic E-state index is 0.0260. The number of piperazine rings is 1. The Morgan fingerprint density at radius 2 is 1.70 bits per heavy atom. The number of aromatic nitrogens is 2. The van der Waals surface area contributed by atoms with E-state index < -0.39 is 17.6 Å². The summed E-state index contributed by atoms with van der Waals surface area (Å²) in [5.41, 5.74) is 0.958. The van der Waals surface area contributed by atoms with Gasteiger partial charge in [-0.05, 0) is 19.1 Å². The molecule has 0 spiro atoms. The molecule has 1 amide bonds. The Morgan fingerprint density at radius 1 is 1.03 bits per heavy atom.